The van der Waals surface area contributed by atoms with E-state index in [1.807, 2.05) is 0 Å². The van der Waals surface area contributed by atoms with E-state index in [4.69, 9.17) is 24.4 Å². The summed E-state index contributed by atoms with van der Waals surface area (Å²) in [5, 5.41) is 0. The smallest absolute Gasteiger partial charge is 0.180 e. The van der Waals surface area contributed by atoms with Gasteiger partial charge in [0.2, 0.25) is 0 Å². The van der Waals surface area contributed by atoms with Crippen LogP contribution in [0.2, 0.25) is 0 Å². The Hall–Kier alpha value is -0.280. The maximum atomic E-state index is 6.00. The highest BCUT2D eigenvalue weighted by Gasteiger charge is 2.29. The van der Waals surface area contributed by atoms with Crippen molar-refractivity contribution < 1.29 is 0 Å². The number of fused-ring (bicyclic) bond motifs is 2. The molecule has 2 aromatic heterocycles. The quantitative estimate of drug-likeness (QED) is 0.263. The highest BCUT2D eigenvalue weighted by atomic mass is 32.1. The van der Waals surface area contributed by atoms with Gasteiger partial charge in [-0.25, -0.2) is 0 Å². The molecule has 0 N–H and O–H groups in total. The molecule has 4 nitrogen and oxygen atoms in total. The lowest BCUT2D eigenvalue weighted by Crippen LogP contribution is -2.40. The van der Waals surface area contributed by atoms with Crippen LogP contribution in [0.25, 0.3) is 0 Å². The van der Waals surface area contributed by atoms with Crippen LogP contribution >= 0.6 is 41.6 Å². The third-order valence-corrected chi connectivity index (χ3v) is 10.2. The second-order valence-corrected chi connectivity index (χ2v) is 11.4. The van der Waals surface area contributed by atoms with Crippen molar-refractivity contribution in [2.45, 2.75) is 105 Å². The van der Waals surface area contributed by atoms with Crippen molar-refractivity contribution in [3.63, 3.8) is 0 Å². The average Bonchev–Trinajstić information content (AvgIpc) is 3.15. The average molecular weight is 485 g/mol. The van der Waals surface area contributed by atoms with Crippen LogP contribution in [0.15, 0.2) is 0 Å². The van der Waals surface area contributed by atoms with Crippen molar-refractivity contribution >= 4 is 63.3 Å². The number of nitrogens with zero attached hydrogens (tertiary/aromatic N) is 4. The van der Waals surface area contributed by atoms with Gasteiger partial charge in [-0.15, -0.1) is 0 Å². The first-order chi connectivity index (χ1) is 14.6. The molecule has 8 heteroatoms. The maximum absolute atomic E-state index is 6.00. The predicted octanol–water partition coefficient (Wildman–Crippen LogP) is 5.12. The lowest BCUT2D eigenvalue weighted by molar-refractivity contribution is 0.586. The van der Waals surface area contributed by atoms with Gasteiger partial charge in [-0.2, -0.15) is 0 Å². The molecule has 0 radical (unpaired) electrons. The molecule has 0 fully saturated rings. The zero-order valence-corrected chi connectivity index (χ0v) is 22.7. The molecular formula is C22H38N4P2S2. The number of hydrogen-bond acceptors (Lipinski definition) is 2. The third kappa shape index (κ3) is 4.87. The molecule has 2 aromatic rings. The van der Waals surface area contributed by atoms with Crippen LogP contribution in [0.4, 0.5) is 0 Å². The van der Waals surface area contributed by atoms with Crippen LogP contribution in [0, 0.1) is 9.54 Å². The van der Waals surface area contributed by atoms with E-state index >= 15 is 0 Å². The number of aromatic nitrogens is 4. The molecule has 0 bridgehead atoms. The fraction of sp³-hybridized carbons (Fsp3) is 0.727. The van der Waals surface area contributed by atoms with E-state index in [2.05, 4.69) is 46.0 Å². The molecule has 30 heavy (non-hydrogen) atoms. The van der Waals surface area contributed by atoms with Crippen molar-refractivity contribution in [2.75, 3.05) is 0 Å². The molecule has 1 aliphatic rings. The van der Waals surface area contributed by atoms with Gasteiger partial charge in [0.1, 0.15) is 0 Å². The molecule has 0 saturated heterocycles. The standard InChI is InChI=1S/C22H38N4P2S2/c1-5-9-13-23-17-18(24(21(23)29)14-10-6-2)28-20-19(27-17)25(15-11-7-3)22(30)26(20)16-12-8-4/h27-28H,5-16H2,1-4H3. The monoisotopic (exact) mass is 484 g/mol. The molecule has 0 spiro atoms. The predicted molar refractivity (Wildman–Crippen MR) is 141 cm³/mol. The Morgan fingerprint density at radius 1 is 0.500 bits per heavy atom. The molecule has 1 aliphatic heterocycles. The summed E-state index contributed by atoms with van der Waals surface area (Å²) < 4.78 is 12.0. The first-order valence-electron chi connectivity index (χ1n) is 11.8. The lowest BCUT2D eigenvalue weighted by atomic mass is 10.3. The Balaban J connectivity index is 2.10. The van der Waals surface area contributed by atoms with E-state index in [0.29, 0.717) is 17.2 Å². The molecule has 3 rings (SSSR count). The van der Waals surface area contributed by atoms with E-state index in [0.717, 1.165) is 35.7 Å². The van der Waals surface area contributed by atoms with Gasteiger partial charge in [0.15, 0.2) is 9.54 Å². The van der Waals surface area contributed by atoms with Gasteiger partial charge in [0, 0.05) is 26.2 Å². The summed E-state index contributed by atoms with van der Waals surface area (Å²) in [6.45, 7) is 13.3. The summed E-state index contributed by atoms with van der Waals surface area (Å²) in [5.74, 6) is 0. The Morgan fingerprint density at radius 2 is 0.733 bits per heavy atom. The van der Waals surface area contributed by atoms with Gasteiger partial charge in [0.25, 0.3) is 0 Å². The summed E-state index contributed by atoms with van der Waals surface area (Å²) >= 11 is 12.0. The van der Waals surface area contributed by atoms with Gasteiger partial charge in [-0.3, -0.25) is 0 Å². The molecule has 0 atom stereocenters. The topological polar surface area (TPSA) is 19.7 Å². The molecule has 0 amide bonds. The molecule has 168 valence electrons. The first kappa shape index (κ1) is 24.4. The second-order valence-electron chi connectivity index (χ2n) is 8.23. The zero-order valence-electron chi connectivity index (χ0n) is 19.1. The van der Waals surface area contributed by atoms with Crippen LogP contribution in [0.3, 0.4) is 0 Å². The number of imidazole rings is 2. The normalized spacial score (nSPS) is 14.5. The lowest BCUT2D eigenvalue weighted by Gasteiger charge is -2.20. The van der Waals surface area contributed by atoms with Crippen LogP contribution in [-0.4, -0.2) is 18.3 Å². The van der Waals surface area contributed by atoms with Gasteiger partial charge in [-0.1, -0.05) is 53.4 Å². The fourth-order valence-corrected chi connectivity index (χ4v) is 8.69. The molecular weight excluding hydrogens is 446 g/mol. The number of unbranched alkanes of at least 4 members (excludes halogenated alkanes) is 4. The van der Waals surface area contributed by atoms with E-state index in [1.54, 1.807) is 0 Å². The Labute approximate surface area is 196 Å². The third-order valence-electron chi connectivity index (χ3n) is 5.87. The number of rotatable bonds is 12. The SMILES string of the molecule is CCCCn1c2c(n(CCCC)c1=S)Pc1c(n(CCCC)c(=S)n1CCCC)P2. The molecule has 0 aliphatic carbocycles. The van der Waals surface area contributed by atoms with Crippen LogP contribution < -0.4 is 21.7 Å². The number of hydrogen-bond donors (Lipinski definition) is 0. The Bertz CT molecular complexity index is 820. The van der Waals surface area contributed by atoms with Crippen molar-refractivity contribution in [3.8, 4) is 0 Å². The van der Waals surface area contributed by atoms with Gasteiger partial charge >= 0.3 is 0 Å². The maximum Gasteiger partial charge on any atom is 0.180 e. The summed E-state index contributed by atoms with van der Waals surface area (Å²) in [6.07, 6.45) is 9.58. The molecule has 0 aromatic carbocycles. The Morgan fingerprint density at radius 3 is 0.933 bits per heavy atom. The van der Waals surface area contributed by atoms with Crippen molar-refractivity contribution in [1.29, 1.82) is 0 Å². The summed E-state index contributed by atoms with van der Waals surface area (Å²) in [6, 6.07) is 0. The summed E-state index contributed by atoms with van der Waals surface area (Å²) in [4.78, 5) is 0. The highest BCUT2D eigenvalue weighted by Crippen LogP contribution is 2.27. The largest absolute Gasteiger partial charge is 0.316 e. The fourth-order valence-electron chi connectivity index (χ4n) is 4.01. The van der Waals surface area contributed by atoms with Crippen molar-refractivity contribution in [1.82, 2.24) is 18.3 Å². The van der Waals surface area contributed by atoms with Gasteiger partial charge in [0.05, 0.1) is 21.7 Å². The second kappa shape index (κ2) is 11.5. The van der Waals surface area contributed by atoms with E-state index in [-0.39, 0.29) is 0 Å². The minimum absolute atomic E-state index is 0.667. The Kier molecular flexibility index (Phi) is 9.38. The first-order valence-corrected chi connectivity index (χ1v) is 14.6. The molecule has 0 saturated carbocycles. The van der Waals surface area contributed by atoms with Crippen molar-refractivity contribution in [3.05, 3.63) is 9.54 Å². The summed E-state index contributed by atoms with van der Waals surface area (Å²) in [5.41, 5.74) is 5.96. The van der Waals surface area contributed by atoms with Crippen molar-refractivity contribution in [2.24, 2.45) is 0 Å². The molecule has 0 unspecified atom stereocenters. The minimum atomic E-state index is 0.667. The van der Waals surface area contributed by atoms with Gasteiger partial charge < -0.3 is 18.3 Å². The van der Waals surface area contributed by atoms with E-state index < -0.39 is 0 Å². The van der Waals surface area contributed by atoms with Crippen LogP contribution in [0.1, 0.15) is 79.1 Å². The highest BCUT2D eigenvalue weighted by molar-refractivity contribution is 7.72. The van der Waals surface area contributed by atoms with E-state index in [9.17, 15) is 0 Å². The summed E-state index contributed by atoms with van der Waals surface area (Å²) in [7, 11) is 1.33. The van der Waals surface area contributed by atoms with Crippen LogP contribution in [0.5, 0.6) is 0 Å². The van der Waals surface area contributed by atoms with Gasteiger partial charge in [-0.05, 0) is 67.3 Å². The van der Waals surface area contributed by atoms with E-state index in [1.165, 1.54) is 73.1 Å². The minimum Gasteiger partial charge on any atom is -0.316 e. The zero-order chi connectivity index (χ0) is 21.7. The van der Waals surface area contributed by atoms with Crippen LogP contribution in [-0.2, 0) is 26.2 Å². The molecule has 3 heterocycles.